The lowest BCUT2D eigenvalue weighted by Gasteiger charge is -2.36. The molecule has 45 heavy (non-hydrogen) atoms. The predicted molar refractivity (Wildman–Crippen MR) is 169 cm³/mol. The summed E-state index contributed by atoms with van der Waals surface area (Å²) >= 11 is 0. The average Bonchev–Trinajstić information content (AvgIpc) is 3.45. The van der Waals surface area contributed by atoms with Gasteiger partial charge in [-0.1, -0.05) is 48.5 Å². The van der Waals surface area contributed by atoms with Crippen molar-refractivity contribution >= 4 is 28.6 Å². The molecule has 0 spiro atoms. The van der Waals surface area contributed by atoms with Crippen LogP contribution in [0, 0.1) is 6.92 Å². The van der Waals surface area contributed by atoms with Crippen LogP contribution in [0.15, 0.2) is 60.7 Å². The molecule has 11 nitrogen and oxygen atoms in total. The Hall–Kier alpha value is -4.80. The van der Waals surface area contributed by atoms with Gasteiger partial charge in [0.05, 0.1) is 30.8 Å². The number of aromatic nitrogens is 4. The number of piperidine rings is 1. The fourth-order valence-electron chi connectivity index (χ4n) is 6.42. The number of aryl methyl sites for hydroxylation is 1. The third-order valence-corrected chi connectivity index (χ3v) is 8.66. The van der Waals surface area contributed by atoms with Gasteiger partial charge in [-0.25, -0.2) is 14.6 Å². The number of hydrogen-bond acceptors (Lipinski definition) is 7. The van der Waals surface area contributed by atoms with Crippen LogP contribution in [0.3, 0.4) is 0 Å². The molecule has 6 rings (SSSR count). The number of carbonyl (C=O) groups is 3. The van der Waals surface area contributed by atoms with Crippen molar-refractivity contribution in [3.05, 3.63) is 83.4 Å². The molecule has 2 aliphatic heterocycles. The van der Waals surface area contributed by atoms with E-state index >= 15 is 0 Å². The minimum Gasteiger partial charge on any atom is -0.481 e. The first-order chi connectivity index (χ1) is 21.9. The van der Waals surface area contributed by atoms with Gasteiger partial charge in [-0.3, -0.25) is 14.4 Å². The van der Waals surface area contributed by atoms with E-state index in [0.29, 0.717) is 74.1 Å². The molecule has 11 heteroatoms. The lowest BCUT2D eigenvalue weighted by molar-refractivity contribution is -0.142. The van der Waals surface area contributed by atoms with Crippen molar-refractivity contribution in [2.24, 2.45) is 0 Å². The number of pyridine rings is 1. The highest BCUT2D eigenvalue weighted by molar-refractivity contribution is 6.06. The Morgan fingerprint density at radius 3 is 2.58 bits per heavy atom. The number of amides is 3. The lowest BCUT2D eigenvalue weighted by Crippen LogP contribution is -2.53. The standard InChI is InChI=1S/C34H39N7O4/c1-23-35-32-28(21-24-11-4-3-5-12-24)37-33(43)29-15-8-9-18-40(29)31(42)16-10-17-39(19-20-41(32)38-23)34(44)26-22-30(45-2)36-27-14-7-6-13-25(26)27/h3-7,11-14,22,28-29H,8-10,15-21H2,1-2H3,(H,37,43)/t28-,29+/m1/s1. The second-order valence-corrected chi connectivity index (χ2v) is 11.7. The molecule has 2 aliphatic rings. The largest absolute Gasteiger partial charge is 0.481 e. The first-order valence-electron chi connectivity index (χ1n) is 15.7. The summed E-state index contributed by atoms with van der Waals surface area (Å²) in [6.07, 6.45) is 3.58. The maximum absolute atomic E-state index is 14.2. The van der Waals surface area contributed by atoms with Crippen molar-refractivity contribution in [3.63, 3.8) is 0 Å². The van der Waals surface area contributed by atoms with Crippen molar-refractivity contribution < 1.29 is 19.1 Å². The molecule has 4 aromatic rings. The molecule has 1 saturated heterocycles. The highest BCUT2D eigenvalue weighted by Crippen LogP contribution is 2.26. The van der Waals surface area contributed by atoms with Crippen LogP contribution in [0.1, 0.15) is 65.7 Å². The fraction of sp³-hybridized carbons (Fsp3) is 0.412. The number of para-hydroxylation sites is 1. The number of nitrogens with zero attached hydrogens (tertiary/aromatic N) is 6. The predicted octanol–water partition coefficient (Wildman–Crippen LogP) is 3.86. The molecule has 1 N–H and O–H groups in total. The van der Waals surface area contributed by atoms with Crippen molar-refractivity contribution in [1.29, 1.82) is 0 Å². The second-order valence-electron chi connectivity index (χ2n) is 11.7. The second kappa shape index (κ2) is 13.5. The van der Waals surface area contributed by atoms with E-state index < -0.39 is 12.1 Å². The first-order valence-corrected chi connectivity index (χ1v) is 15.7. The summed E-state index contributed by atoms with van der Waals surface area (Å²) in [7, 11) is 1.53. The van der Waals surface area contributed by atoms with E-state index in [1.165, 1.54) is 7.11 Å². The SMILES string of the molecule is COc1cc(C(=O)N2CCCC(=O)N3CCCC[C@H]3C(=O)N[C@H](Cc3ccccc3)c3nc(C)nn3CC2)c2ccccc2n1. The van der Waals surface area contributed by atoms with Gasteiger partial charge in [0.2, 0.25) is 17.7 Å². The van der Waals surface area contributed by atoms with E-state index in [1.54, 1.807) is 15.9 Å². The van der Waals surface area contributed by atoms with Crippen molar-refractivity contribution in [2.45, 2.75) is 64.1 Å². The summed E-state index contributed by atoms with van der Waals surface area (Å²) in [4.78, 5) is 54.4. The Balaban J connectivity index is 1.37. The molecule has 0 aliphatic carbocycles. The molecule has 1 fully saturated rings. The third kappa shape index (κ3) is 6.67. The van der Waals surface area contributed by atoms with Crippen LogP contribution in [0.4, 0.5) is 0 Å². The van der Waals surface area contributed by atoms with E-state index in [9.17, 15) is 14.4 Å². The smallest absolute Gasteiger partial charge is 0.254 e. The van der Waals surface area contributed by atoms with Crippen LogP contribution in [0.5, 0.6) is 5.88 Å². The maximum atomic E-state index is 14.2. The summed E-state index contributed by atoms with van der Waals surface area (Å²) in [6, 6.07) is 18.1. The molecule has 2 aromatic carbocycles. The number of nitrogens with one attached hydrogen (secondary N) is 1. The molecule has 0 radical (unpaired) electrons. The van der Waals surface area contributed by atoms with Gasteiger partial charge in [0.1, 0.15) is 17.7 Å². The fourth-order valence-corrected chi connectivity index (χ4v) is 6.42. The number of fused-ring (bicyclic) bond motifs is 3. The minimum atomic E-state index is -0.543. The van der Waals surface area contributed by atoms with Gasteiger partial charge in [0, 0.05) is 37.5 Å². The first kappa shape index (κ1) is 30.2. The van der Waals surface area contributed by atoms with Gasteiger partial charge in [-0.15, -0.1) is 0 Å². The van der Waals surface area contributed by atoms with Gasteiger partial charge in [0.25, 0.3) is 5.91 Å². The number of rotatable bonds is 4. The summed E-state index contributed by atoms with van der Waals surface area (Å²) in [6.45, 7) is 3.44. The number of carbonyl (C=O) groups excluding carboxylic acids is 3. The highest BCUT2D eigenvalue weighted by atomic mass is 16.5. The van der Waals surface area contributed by atoms with Gasteiger partial charge in [-0.05, 0) is 50.7 Å². The van der Waals surface area contributed by atoms with Gasteiger partial charge >= 0.3 is 0 Å². The quantitative estimate of drug-likeness (QED) is 0.373. The molecule has 2 aromatic heterocycles. The highest BCUT2D eigenvalue weighted by Gasteiger charge is 2.34. The molecular weight excluding hydrogens is 570 g/mol. The van der Waals surface area contributed by atoms with Crippen LogP contribution in [-0.4, -0.2) is 80.1 Å². The lowest BCUT2D eigenvalue weighted by atomic mass is 9.99. The van der Waals surface area contributed by atoms with Crippen LogP contribution in [0.25, 0.3) is 10.9 Å². The molecule has 0 saturated carbocycles. The van der Waals surface area contributed by atoms with Crippen molar-refractivity contribution in [3.8, 4) is 5.88 Å². The van der Waals surface area contributed by atoms with E-state index in [-0.39, 0.29) is 24.1 Å². The Bertz CT molecular complexity index is 1690. The van der Waals surface area contributed by atoms with Crippen LogP contribution < -0.4 is 10.1 Å². The summed E-state index contributed by atoms with van der Waals surface area (Å²) in [5.41, 5.74) is 2.20. The van der Waals surface area contributed by atoms with E-state index in [4.69, 9.17) is 14.8 Å². The Morgan fingerprint density at radius 1 is 0.956 bits per heavy atom. The third-order valence-electron chi connectivity index (χ3n) is 8.66. The van der Waals surface area contributed by atoms with Crippen molar-refractivity contribution in [1.82, 2.24) is 34.9 Å². The Kier molecular flexibility index (Phi) is 9.04. The number of ether oxygens (including phenoxy) is 1. The normalized spacial score (nSPS) is 19.8. The monoisotopic (exact) mass is 609 g/mol. The number of hydrogen-bond donors (Lipinski definition) is 1. The van der Waals surface area contributed by atoms with Gasteiger partial charge < -0.3 is 19.9 Å². The van der Waals surface area contributed by atoms with E-state index in [0.717, 1.165) is 23.8 Å². The molecule has 4 heterocycles. The Labute approximate surface area is 262 Å². The zero-order valence-corrected chi connectivity index (χ0v) is 25.8. The molecule has 0 bridgehead atoms. The zero-order chi connectivity index (χ0) is 31.3. The number of benzene rings is 2. The topological polar surface area (TPSA) is 123 Å². The zero-order valence-electron chi connectivity index (χ0n) is 25.8. The maximum Gasteiger partial charge on any atom is 0.254 e. The molecule has 234 valence electrons. The number of methoxy groups -OCH3 is 1. The van der Waals surface area contributed by atoms with Crippen LogP contribution in [-0.2, 0) is 22.6 Å². The van der Waals surface area contributed by atoms with Crippen molar-refractivity contribution in [2.75, 3.05) is 26.7 Å². The van der Waals surface area contributed by atoms with Gasteiger partial charge in [0.15, 0.2) is 0 Å². The summed E-state index contributed by atoms with van der Waals surface area (Å²) in [5, 5.41) is 8.68. The Morgan fingerprint density at radius 2 is 1.76 bits per heavy atom. The summed E-state index contributed by atoms with van der Waals surface area (Å²) < 4.78 is 7.24. The van der Waals surface area contributed by atoms with E-state index in [1.807, 2.05) is 66.2 Å². The molecule has 3 amide bonds. The average molecular weight is 610 g/mol. The minimum absolute atomic E-state index is 0.0611. The van der Waals surface area contributed by atoms with E-state index in [2.05, 4.69) is 10.3 Å². The van der Waals surface area contributed by atoms with Gasteiger partial charge in [-0.2, -0.15) is 5.10 Å². The molecular formula is C34H39N7O4. The van der Waals surface area contributed by atoms with Crippen LogP contribution >= 0.6 is 0 Å². The van der Waals surface area contributed by atoms with Crippen LogP contribution in [0.2, 0.25) is 0 Å². The summed E-state index contributed by atoms with van der Waals surface area (Å²) in [5.74, 6) is 1.17. The molecule has 2 atom stereocenters. The molecule has 0 unspecified atom stereocenters.